The van der Waals surface area contributed by atoms with Gasteiger partial charge in [-0.15, -0.1) is 0 Å². The van der Waals surface area contributed by atoms with E-state index in [1.165, 1.54) is 11.1 Å². The Labute approximate surface area is 103 Å². The molecule has 0 saturated heterocycles. The van der Waals surface area contributed by atoms with Crippen molar-refractivity contribution in [2.75, 3.05) is 7.11 Å². The van der Waals surface area contributed by atoms with E-state index in [0.717, 1.165) is 11.3 Å². The zero-order valence-corrected chi connectivity index (χ0v) is 11.3. The van der Waals surface area contributed by atoms with E-state index < -0.39 is 0 Å². The molecule has 0 aromatic heterocycles. The van der Waals surface area contributed by atoms with E-state index in [9.17, 15) is 4.79 Å². The van der Waals surface area contributed by atoms with E-state index in [4.69, 9.17) is 4.74 Å². The lowest BCUT2D eigenvalue weighted by atomic mass is 10.0. The third-order valence-electron chi connectivity index (χ3n) is 2.70. The molecule has 0 radical (unpaired) electrons. The van der Waals surface area contributed by atoms with Gasteiger partial charge in [0.25, 0.3) is 0 Å². The van der Waals surface area contributed by atoms with E-state index in [-0.39, 0.29) is 11.9 Å². The highest BCUT2D eigenvalue weighted by molar-refractivity contribution is 5.79. The lowest BCUT2D eigenvalue weighted by Gasteiger charge is -2.13. The average molecular weight is 235 g/mol. The van der Waals surface area contributed by atoms with E-state index in [0.29, 0.717) is 6.42 Å². The third kappa shape index (κ3) is 3.77. The molecule has 0 heterocycles. The van der Waals surface area contributed by atoms with Crippen molar-refractivity contribution in [3.8, 4) is 5.75 Å². The zero-order chi connectivity index (χ0) is 13.0. The van der Waals surface area contributed by atoms with Gasteiger partial charge in [0.2, 0.25) is 5.91 Å². The van der Waals surface area contributed by atoms with Crippen LogP contribution < -0.4 is 10.1 Å². The monoisotopic (exact) mass is 235 g/mol. The van der Waals surface area contributed by atoms with Crippen molar-refractivity contribution < 1.29 is 9.53 Å². The summed E-state index contributed by atoms with van der Waals surface area (Å²) in [6.45, 7) is 7.99. The smallest absolute Gasteiger partial charge is 0.224 e. The highest BCUT2D eigenvalue weighted by atomic mass is 16.5. The Balaban J connectivity index is 2.90. The van der Waals surface area contributed by atoms with E-state index in [1.807, 2.05) is 39.8 Å². The summed E-state index contributed by atoms with van der Waals surface area (Å²) in [6, 6.07) is 4.17. The number of aryl methyl sites for hydroxylation is 2. The molecule has 1 aromatic carbocycles. The second-order valence-corrected chi connectivity index (χ2v) is 4.65. The summed E-state index contributed by atoms with van der Waals surface area (Å²) in [6.07, 6.45) is 0.364. The maximum Gasteiger partial charge on any atom is 0.224 e. The minimum atomic E-state index is 0.0292. The van der Waals surface area contributed by atoms with Crippen molar-refractivity contribution >= 4 is 5.91 Å². The molecule has 0 fully saturated rings. The Morgan fingerprint density at radius 2 is 1.88 bits per heavy atom. The molecule has 3 nitrogen and oxygen atoms in total. The highest BCUT2D eigenvalue weighted by Gasteiger charge is 2.11. The van der Waals surface area contributed by atoms with Crippen LogP contribution in [0.15, 0.2) is 12.1 Å². The van der Waals surface area contributed by atoms with Crippen molar-refractivity contribution in [2.24, 2.45) is 0 Å². The predicted molar refractivity (Wildman–Crippen MR) is 69.5 cm³/mol. The van der Waals surface area contributed by atoms with Gasteiger partial charge in [-0.1, -0.05) is 6.07 Å². The molecule has 0 aliphatic heterocycles. The van der Waals surface area contributed by atoms with Crippen LogP contribution in [0.2, 0.25) is 0 Å². The van der Waals surface area contributed by atoms with Crippen molar-refractivity contribution in [3.05, 3.63) is 28.8 Å². The first-order chi connectivity index (χ1) is 7.93. The molecule has 0 unspecified atom stereocenters. The van der Waals surface area contributed by atoms with E-state index >= 15 is 0 Å². The highest BCUT2D eigenvalue weighted by Crippen LogP contribution is 2.23. The first kappa shape index (κ1) is 13.6. The molecule has 0 atom stereocenters. The average Bonchev–Trinajstić information content (AvgIpc) is 2.21. The summed E-state index contributed by atoms with van der Waals surface area (Å²) in [4.78, 5) is 11.7. The Bertz CT molecular complexity index is 411. The van der Waals surface area contributed by atoms with Gasteiger partial charge in [0, 0.05) is 11.6 Å². The third-order valence-corrected chi connectivity index (χ3v) is 2.70. The van der Waals surface area contributed by atoms with E-state index in [2.05, 4.69) is 5.32 Å². The number of methoxy groups -OCH3 is 1. The quantitative estimate of drug-likeness (QED) is 0.870. The fourth-order valence-corrected chi connectivity index (χ4v) is 1.72. The fourth-order valence-electron chi connectivity index (χ4n) is 1.72. The SMILES string of the molecule is COc1cc(C)c(C)cc1CC(=O)NC(C)C. The Hall–Kier alpha value is -1.51. The molecule has 0 aliphatic rings. The number of amides is 1. The number of hydrogen-bond donors (Lipinski definition) is 1. The molecule has 0 spiro atoms. The molecule has 1 aromatic rings. The molecule has 0 aliphatic carbocycles. The second kappa shape index (κ2) is 5.71. The van der Waals surface area contributed by atoms with E-state index in [1.54, 1.807) is 7.11 Å². The van der Waals surface area contributed by atoms with Crippen LogP contribution in [-0.4, -0.2) is 19.1 Å². The predicted octanol–water partition coefficient (Wildman–Crippen LogP) is 2.38. The molecule has 0 saturated carbocycles. The van der Waals surface area contributed by atoms with Crippen molar-refractivity contribution in [3.63, 3.8) is 0 Å². The summed E-state index contributed by atoms with van der Waals surface area (Å²) in [5, 5.41) is 2.88. The van der Waals surface area contributed by atoms with Gasteiger partial charge in [-0.25, -0.2) is 0 Å². The van der Waals surface area contributed by atoms with Crippen LogP contribution in [0.3, 0.4) is 0 Å². The molecular formula is C14H21NO2. The molecule has 1 N–H and O–H groups in total. The molecule has 17 heavy (non-hydrogen) atoms. The normalized spacial score (nSPS) is 10.5. The van der Waals surface area contributed by atoms with Gasteiger partial charge in [-0.05, 0) is 44.9 Å². The van der Waals surface area contributed by atoms with Crippen LogP contribution in [0.5, 0.6) is 5.75 Å². The maximum absolute atomic E-state index is 11.7. The van der Waals surface area contributed by atoms with Crippen LogP contribution in [0.4, 0.5) is 0 Å². The zero-order valence-electron chi connectivity index (χ0n) is 11.3. The fraction of sp³-hybridized carbons (Fsp3) is 0.500. The first-order valence-electron chi connectivity index (χ1n) is 5.87. The maximum atomic E-state index is 11.7. The number of carbonyl (C=O) groups is 1. The number of rotatable bonds is 4. The minimum absolute atomic E-state index is 0.0292. The van der Waals surface area contributed by atoms with Gasteiger partial charge in [-0.3, -0.25) is 4.79 Å². The summed E-state index contributed by atoms with van der Waals surface area (Å²) < 4.78 is 5.31. The molecule has 1 amide bonds. The molecule has 94 valence electrons. The Morgan fingerprint density at radius 3 is 2.41 bits per heavy atom. The van der Waals surface area contributed by atoms with Gasteiger partial charge in [0.15, 0.2) is 0 Å². The minimum Gasteiger partial charge on any atom is -0.496 e. The lowest BCUT2D eigenvalue weighted by molar-refractivity contribution is -0.120. The number of ether oxygens (including phenoxy) is 1. The van der Waals surface area contributed by atoms with Gasteiger partial charge in [0.1, 0.15) is 5.75 Å². The molecular weight excluding hydrogens is 214 g/mol. The topological polar surface area (TPSA) is 38.3 Å². The number of carbonyl (C=O) groups excluding carboxylic acids is 1. The van der Waals surface area contributed by atoms with Gasteiger partial charge >= 0.3 is 0 Å². The number of nitrogens with one attached hydrogen (secondary N) is 1. The van der Waals surface area contributed by atoms with Gasteiger partial charge in [0.05, 0.1) is 13.5 Å². The van der Waals surface area contributed by atoms with Crippen LogP contribution in [-0.2, 0) is 11.2 Å². The van der Waals surface area contributed by atoms with Crippen LogP contribution in [0.25, 0.3) is 0 Å². The number of hydrogen-bond acceptors (Lipinski definition) is 2. The summed E-state index contributed by atoms with van der Waals surface area (Å²) in [5.74, 6) is 0.813. The van der Waals surface area contributed by atoms with Gasteiger partial charge < -0.3 is 10.1 Å². The molecule has 0 bridgehead atoms. The van der Waals surface area contributed by atoms with Gasteiger partial charge in [-0.2, -0.15) is 0 Å². The second-order valence-electron chi connectivity index (χ2n) is 4.65. The first-order valence-corrected chi connectivity index (χ1v) is 5.87. The van der Waals surface area contributed by atoms with Crippen molar-refractivity contribution in [1.29, 1.82) is 0 Å². The van der Waals surface area contributed by atoms with Crippen LogP contribution in [0.1, 0.15) is 30.5 Å². The largest absolute Gasteiger partial charge is 0.496 e. The summed E-state index contributed by atoms with van der Waals surface area (Å²) >= 11 is 0. The molecule has 1 rings (SSSR count). The van der Waals surface area contributed by atoms with Crippen molar-refractivity contribution in [1.82, 2.24) is 5.32 Å². The lowest BCUT2D eigenvalue weighted by Crippen LogP contribution is -2.31. The van der Waals surface area contributed by atoms with Crippen LogP contribution >= 0.6 is 0 Å². The standard InChI is InChI=1S/C14H21NO2/c1-9(2)15-14(16)8-12-6-10(3)11(4)7-13(12)17-5/h6-7,9H,8H2,1-5H3,(H,15,16). The van der Waals surface area contributed by atoms with Crippen LogP contribution in [0, 0.1) is 13.8 Å². The van der Waals surface area contributed by atoms with Crippen molar-refractivity contribution in [2.45, 2.75) is 40.2 Å². The molecule has 3 heteroatoms. The Kier molecular flexibility index (Phi) is 4.55. The number of benzene rings is 1. The summed E-state index contributed by atoms with van der Waals surface area (Å²) in [7, 11) is 1.63. The summed E-state index contributed by atoms with van der Waals surface area (Å²) in [5.41, 5.74) is 3.29. The Morgan fingerprint density at radius 1 is 1.29 bits per heavy atom.